The van der Waals surface area contributed by atoms with E-state index in [1.54, 1.807) is 11.9 Å². The minimum atomic E-state index is -0.169. The molecule has 1 N–H and O–H groups in total. The van der Waals surface area contributed by atoms with Gasteiger partial charge in [0.2, 0.25) is 0 Å². The minimum absolute atomic E-state index is 0.169. The maximum atomic E-state index is 12.4. The topological polar surface area (TPSA) is 80.5 Å². The van der Waals surface area contributed by atoms with Gasteiger partial charge in [0, 0.05) is 25.7 Å². The largest absolute Gasteiger partial charge is 0.484 e. The lowest BCUT2D eigenvalue weighted by Gasteiger charge is -2.18. The number of anilines is 1. The van der Waals surface area contributed by atoms with Gasteiger partial charge in [-0.15, -0.1) is 0 Å². The molecule has 146 valence electrons. The van der Waals surface area contributed by atoms with Crippen molar-refractivity contribution in [1.82, 2.24) is 15.0 Å². The number of ether oxygens (including phenoxy) is 1. The molecule has 3 aromatic rings. The number of nitrogens with zero attached hydrogens (tertiary/aromatic N) is 3. The smallest absolute Gasteiger partial charge is 0.321 e. The molecule has 0 aliphatic heterocycles. The first-order valence-corrected chi connectivity index (χ1v) is 9.25. The quantitative estimate of drug-likeness (QED) is 0.641. The van der Waals surface area contributed by atoms with Crippen molar-refractivity contribution in [2.24, 2.45) is 0 Å². The van der Waals surface area contributed by atoms with Crippen molar-refractivity contribution in [1.29, 1.82) is 0 Å². The van der Waals surface area contributed by atoms with Gasteiger partial charge in [-0.3, -0.25) is 0 Å². The Bertz CT molecular complexity index is 895. The van der Waals surface area contributed by atoms with E-state index in [0.717, 1.165) is 23.4 Å². The highest BCUT2D eigenvalue weighted by Gasteiger charge is 2.13. The number of aryl methyl sites for hydroxylation is 1. The van der Waals surface area contributed by atoms with Crippen molar-refractivity contribution >= 4 is 11.7 Å². The summed E-state index contributed by atoms with van der Waals surface area (Å²) in [6.07, 6.45) is 1.35. The van der Waals surface area contributed by atoms with Crippen molar-refractivity contribution in [3.63, 3.8) is 0 Å². The number of benzene rings is 2. The van der Waals surface area contributed by atoms with Gasteiger partial charge in [0.15, 0.2) is 12.4 Å². The standard InChI is InChI=1S/C21H24N4O3/c1-3-16-9-7-8-12-18(16)22-21(26)25(2)14-13-19-23-20(28-24-19)15-27-17-10-5-4-6-11-17/h4-12H,3,13-15H2,1-2H3,(H,22,26). The molecule has 1 aromatic heterocycles. The lowest BCUT2D eigenvalue weighted by Crippen LogP contribution is -2.33. The Kier molecular flexibility index (Phi) is 6.62. The molecule has 0 saturated carbocycles. The van der Waals surface area contributed by atoms with E-state index in [-0.39, 0.29) is 12.6 Å². The van der Waals surface area contributed by atoms with Gasteiger partial charge in [0.1, 0.15) is 5.75 Å². The number of hydrogen-bond acceptors (Lipinski definition) is 5. The number of para-hydroxylation sites is 2. The van der Waals surface area contributed by atoms with E-state index in [4.69, 9.17) is 9.26 Å². The van der Waals surface area contributed by atoms with Crippen LogP contribution in [0.2, 0.25) is 0 Å². The van der Waals surface area contributed by atoms with Gasteiger partial charge in [0.25, 0.3) is 5.89 Å². The first-order chi connectivity index (χ1) is 13.7. The Morgan fingerprint density at radius 2 is 1.89 bits per heavy atom. The maximum Gasteiger partial charge on any atom is 0.321 e. The summed E-state index contributed by atoms with van der Waals surface area (Å²) in [4.78, 5) is 18.3. The highest BCUT2D eigenvalue weighted by Crippen LogP contribution is 2.16. The average molecular weight is 380 g/mol. The fourth-order valence-corrected chi connectivity index (χ4v) is 2.64. The molecule has 7 heteroatoms. The maximum absolute atomic E-state index is 12.4. The zero-order valence-electron chi connectivity index (χ0n) is 16.1. The van der Waals surface area contributed by atoms with Crippen LogP contribution < -0.4 is 10.1 Å². The van der Waals surface area contributed by atoms with E-state index in [0.29, 0.717) is 24.7 Å². The Morgan fingerprint density at radius 3 is 2.68 bits per heavy atom. The van der Waals surface area contributed by atoms with E-state index < -0.39 is 0 Å². The minimum Gasteiger partial charge on any atom is -0.484 e. The summed E-state index contributed by atoms with van der Waals surface area (Å²) < 4.78 is 10.8. The van der Waals surface area contributed by atoms with Crippen LogP contribution in [0.3, 0.4) is 0 Å². The predicted octanol–water partition coefficient (Wildman–Crippen LogP) is 3.92. The third-order valence-electron chi connectivity index (χ3n) is 4.27. The molecule has 0 radical (unpaired) electrons. The van der Waals surface area contributed by atoms with Crippen LogP contribution in [-0.4, -0.2) is 34.7 Å². The highest BCUT2D eigenvalue weighted by atomic mass is 16.5. The molecule has 0 aliphatic rings. The van der Waals surface area contributed by atoms with Crippen molar-refractivity contribution in [2.45, 2.75) is 26.4 Å². The number of hydrogen-bond donors (Lipinski definition) is 1. The molecule has 3 rings (SSSR count). The second-order valence-electron chi connectivity index (χ2n) is 6.32. The summed E-state index contributed by atoms with van der Waals surface area (Å²) in [6.45, 7) is 2.74. The van der Waals surface area contributed by atoms with Crippen LogP contribution in [-0.2, 0) is 19.4 Å². The fourth-order valence-electron chi connectivity index (χ4n) is 2.64. The molecule has 7 nitrogen and oxygen atoms in total. The van der Waals surface area contributed by atoms with Crippen LogP contribution in [0, 0.1) is 0 Å². The first-order valence-electron chi connectivity index (χ1n) is 9.25. The van der Waals surface area contributed by atoms with Crippen LogP contribution >= 0.6 is 0 Å². The van der Waals surface area contributed by atoms with E-state index in [1.165, 1.54) is 0 Å². The molecule has 1 heterocycles. The molecule has 0 unspecified atom stereocenters. The molecule has 0 spiro atoms. The summed E-state index contributed by atoms with van der Waals surface area (Å²) in [5.74, 6) is 1.69. The highest BCUT2D eigenvalue weighted by molar-refractivity contribution is 5.90. The van der Waals surface area contributed by atoms with Crippen LogP contribution in [0.1, 0.15) is 24.2 Å². The van der Waals surface area contributed by atoms with Crippen molar-refractivity contribution < 1.29 is 14.1 Å². The zero-order valence-corrected chi connectivity index (χ0v) is 16.1. The number of urea groups is 1. The molecule has 28 heavy (non-hydrogen) atoms. The van der Waals surface area contributed by atoms with Gasteiger partial charge < -0.3 is 19.5 Å². The number of rotatable bonds is 8. The number of aromatic nitrogens is 2. The number of amides is 2. The summed E-state index contributed by atoms with van der Waals surface area (Å²) in [5.41, 5.74) is 1.94. The summed E-state index contributed by atoms with van der Waals surface area (Å²) in [7, 11) is 1.74. The molecular formula is C21H24N4O3. The molecule has 0 aliphatic carbocycles. The molecule has 0 saturated heterocycles. The van der Waals surface area contributed by atoms with Gasteiger partial charge in [-0.25, -0.2) is 4.79 Å². The molecular weight excluding hydrogens is 356 g/mol. The van der Waals surface area contributed by atoms with Gasteiger partial charge in [-0.2, -0.15) is 4.98 Å². The third kappa shape index (κ3) is 5.33. The lowest BCUT2D eigenvalue weighted by atomic mass is 10.1. The molecule has 2 aromatic carbocycles. The summed E-state index contributed by atoms with van der Waals surface area (Å²) in [6, 6.07) is 17.1. The fraction of sp³-hybridized carbons (Fsp3) is 0.286. The van der Waals surface area contributed by atoms with E-state index in [1.807, 2.05) is 54.6 Å². The molecule has 0 bridgehead atoms. The number of nitrogens with one attached hydrogen (secondary N) is 1. The number of carbonyl (C=O) groups is 1. The summed E-state index contributed by atoms with van der Waals surface area (Å²) in [5, 5.41) is 6.89. The van der Waals surface area contributed by atoms with Gasteiger partial charge in [-0.05, 0) is 30.2 Å². The van der Waals surface area contributed by atoms with Crippen LogP contribution in [0.5, 0.6) is 5.75 Å². The molecule has 0 atom stereocenters. The second kappa shape index (κ2) is 9.55. The van der Waals surface area contributed by atoms with Crippen LogP contribution in [0.4, 0.5) is 10.5 Å². The molecule has 2 amide bonds. The van der Waals surface area contributed by atoms with E-state index >= 15 is 0 Å². The number of likely N-dealkylation sites (N-methyl/N-ethyl adjacent to an activating group) is 1. The summed E-state index contributed by atoms with van der Waals surface area (Å²) >= 11 is 0. The predicted molar refractivity (Wildman–Crippen MR) is 106 cm³/mol. The SMILES string of the molecule is CCc1ccccc1NC(=O)N(C)CCc1noc(COc2ccccc2)n1. The van der Waals surface area contributed by atoms with Crippen molar-refractivity contribution in [3.8, 4) is 5.75 Å². The molecule has 0 fully saturated rings. The zero-order chi connectivity index (χ0) is 19.8. The first kappa shape index (κ1) is 19.4. The van der Waals surface area contributed by atoms with Crippen LogP contribution in [0.15, 0.2) is 59.1 Å². The Labute approximate surface area is 164 Å². The van der Waals surface area contributed by atoms with E-state index in [2.05, 4.69) is 22.4 Å². The van der Waals surface area contributed by atoms with Gasteiger partial charge >= 0.3 is 6.03 Å². The van der Waals surface area contributed by atoms with Crippen LogP contribution in [0.25, 0.3) is 0 Å². The van der Waals surface area contributed by atoms with Gasteiger partial charge in [-0.1, -0.05) is 48.5 Å². The Balaban J connectivity index is 1.47. The van der Waals surface area contributed by atoms with Gasteiger partial charge in [0.05, 0.1) is 0 Å². The lowest BCUT2D eigenvalue weighted by molar-refractivity contribution is 0.222. The Hall–Kier alpha value is -3.35. The average Bonchev–Trinajstić information content (AvgIpc) is 3.19. The monoisotopic (exact) mass is 380 g/mol. The third-order valence-corrected chi connectivity index (χ3v) is 4.27. The normalized spacial score (nSPS) is 10.5. The van der Waals surface area contributed by atoms with Crippen molar-refractivity contribution in [3.05, 3.63) is 71.9 Å². The number of carbonyl (C=O) groups excluding carboxylic acids is 1. The Morgan fingerprint density at radius 1 is 1.14 bits per heavy atom. The van der Waals surface area contributed by atoms with E-state index in [9.17, 15) is 4.79 Å². The second-order valence-corrected chi connectivity index (χ2v) is 6.32. The van der Waals surface area contributed by atoms with Crippen molar-refractivity contribution in [2.75, 3.05) is 18.9 Å².